The van der Waals surface area contributed by atoms with Crippen molar-refractivity contribution in [3.05, 3.63) is 46.2 Å². The van der Waals surface area contributed by atoms with Crippen LogP contribution in [0.15, 0.2) is 30.5 Å². The van der Waals surface area contributed by atoms with E-state index in [1.54, 1.807) is 23.5 Å². The van der Waals surface area contributed by atoms with Crippen LogP contribution in [0.1, 0.15) is 16.8 Å². The zero-order valence-electron chi connectivity index (χ0n) is 9.03. The zero-order valence-corrected chi connectivity index (χ0v) is 9.85. The summed E-state index contributed by atoms with van der Waals surface area (Å²) >= 11 is 1.66. The van der Waals surface area contributed by atoms with Gasteiger partial charge in [0.25, 0.3) is 0 Å². The Morgan fingerprint density at radius 1 is 1.38 bits per heavy atom. The van der Waals surface area contributed by atoms with Crippen molar-refractivity contribution in [1.29, 1.82) is 0 Å². The molecular weight excluding hydrogens is 223 g/mol. The van der Waals surface area contributed by atoms with Crippen LogP contribution in [-0.4, -0.2) is 4.98 Å². The highest BCUT2D eigenvalue weighted by molar-refractivity contribution is 7.11. The quantitative estimate of drug-likeness (QED) is 0.879. The maximum Gasteiger partial charge on any atom is 0.146 e. The minimum absolute atomic E-state index is 0.220. The fourth-order valence-electron chi connectivity index (χ4n) is 1.38. The smallest absolute Gasteiger partial charge is 0.146 e. The Bertz CT molecular complexity index is 468. The Morgan fingerprint density at radius 3 is 2.88 bits per heavy atom. The minimum Gasteiger partial charge on any atom is -0.378 e. The summed E-state index contributed by atoms with van der Waals surface area (Å²) in [6.07, 6.45) is 2.79. The van der Waals surface area contributed by atoms with Crippen LogP contribution in [0.5, 0.6) is 0 Å². The van der Waals surface area contributed by atoms with Gasteiger partial charge in [0, 0.05) is 11.1 Å². The molecule has 4 heteroatoms. The van der Waals surface area contributed by atoms with Crippen molar-refractivity contribution in [1.82, 2.24) is 4.98 Å². The number of hydrogen-bond donors (Lipinski definition) is 1. The van der Waals surface area contributed by atoms with E-state index in [0.29, 0.717) is 12.2 Å². The molecule has 0 atom stereocenters. The molecule has 0 saturated heterocycles. The Morgan fingerprint density at radius 2 is 2.19 bits per heavy atom. The van der Waals surface area contributed by atoms with Crippen molar-refractivity contribution in [3.63, 3.8) is 0 Å². The van der Waals surface area contributed by atoms with Crippen LogP contribution in [0.3, 0.4) is 0 Å². The number of halogens is 1. The van der Waals surface area contributed by atoms with Gasteiger partial charge in [-0.1, -0.05) is 19.1 Å². The van der Waals surface area contributed by atoms with Gasteiger partial charge in [-0.05, 0) is 18.6 Å². The van der Waals surface area contributed by atoms with Crippen LogP contribution in [0.25, 0.3) is 0 Å². The summed E-state index contributed by atoms with van der Waals surface area (Å²) in [7, 11) is 0. The molecule has 0 amide bonds. The Hall–Kier alpha value is -1.42. The number of aromatic nitrogens is 1. The van der Waals surface area contributed by atoms with Crippen molar-refractivity contribution < 1.29 is 4.39 Å². The standard InChI is InChI=1S/C12H13FN2S/c1-2-12-15-8-9(16-12)7-14-11-6-4-3-5-10(11)13/h3-6,8,14H,2,7H2,1H3. The lowest BCUT2D eigenvalue weighted by Crippen LogP contribution is -1.99. The molecule has 0 unspecified atom stereocenters. The van der Waals surface area contributed by atoms with Crippen molar-refractivity contribution in [3.8, 4) is 0 Å². The lowest BCUT2D eigenvalue weighted by Gasteiger charge is -2.04. The van der Waals surface area contributed by atoms with E-state index in [4.69, 9.17) is 0 Å². The molecule has 2 rings (SSSR count). The molecule has 0 saturated carbocycles. The van der Waals surface area contributed by atoms with Gasteiger partial charge in [0.15, 0.2) is 0 Å². The molecule has 0 radical (unpaired) electrons. The van der Waals surface area contributed by atoms with E-state index >= 15 is 0 Å². The average molecular weight is 236 g/mol. The summed E-state index contributed by atoms with van der Waals surface area (Å²) in [4.78, 5) is 5.38. The molecule has 1 N–H and O–H groups in total. The second kappa shape index (κ2) is 5.07. The van der Waals surface area contributed by atoms with Gasteiger partial charge < -0.3 is 5.32 Å². The molecule has 0 bridgehead atoms. The van der Waals surface area contributed by atoms with Gasteiger partial charge in [0.2, 0.25) is 0 Å². The lowest BCUT2D eigenvalue weighted by atomic mass is 10.3. The van der Waals surface area contributed by atoms with E-state index in [2.05, 4.69) is 17.2 Å². The number of hydrogen-bond acceptors (Lipinski definition) is 3. The number of anilines is 1. The van der Waals surface area contributed by atoms with Gasteiger partial charge in [-0.15, -0.1) is 11.3 Å². The summed E-state index contributed by atoms with van der Waals surface area (Å²) in [5.74, 6) is -0.220. The third kappa shape index (κ3) is 2.58. The minimum atomic E-state index is -0.220. The number of rotatable bonds is 4. The van der Waals surface area contributed by atoms with E-state index in [-0.39, 0.29) is 5.82 Å². The molecule has 0 fully saturated rings. The van der Waals surface area contributed by atoms with E-state index in [0.717, 1.165) is 16.3 Å². The van der Waals surface area contributed by atoms with Crippen LogP contribution in [-0.2, 0) is 13.0 Å². The average Bonchev–Trinajstić information content (AvgIpc) is 2.76. The van der Waals surface area contributed by atoms with Crippen LogP contribution in [0.2, 0.25) is 0 Å². The predicted molar refractivity (Wildman–Crippen MR) is 65.2 cm³/mol. The monoisotopic (exact) mass is 236 g/mol. The first-order valence-corrected chi connectivity index (χ1v) is 6.03. The van der Waals surface area contributed by atoms with Crippen molar-refractivity contribution in [2.75, 3.05) is 5.32 Å². The summed E-state index contributed by atoms with van der Waals surface area (Å²) in [5, 5.41) is 4.18. The Kier molecular flexibility index (Phi) is 3.51. The summed E-state index contributed by atoms with van der Waals surface area (Å²) in [5.41, 5.74) is 0.536. The number of benzene rings is 1. The molecule has 1 heterocycles. The number of nitrogens with one attached hydrogen (secondary N) is 1. The van der Waals surface area contributed by atoms with Gasteiger partial charge in [0.05, 0.1) is 17.2 Å². The van der Waals surface area contributed by atoms with E-state index in [1.807, 2.05) is 12.3 Å². The largest absolute Gasteiger partial charge is 0.378 e. The maximum atomic E-state index is 13.3. The molecular formula is C12H13FN2S. The molecule has 16 heavy (non-hydrogen) atoms. The Balaban J connectivity index is 1.99. The third-order valence-corrected chi connectivity index (χ3v) is 3.37. The van der Waals surface area contributed by atoms with Crippen molar-refractivity contribution in [2.24, 2.45) is 0 Å². The van der Waals surface area contributed by atoms with Gasteiger partial charge in [-0.2, -0.15) is 0 Å². The molecule has 84 valence electrons. The normalized spacial score (nSPS) is 10.4. The SMILES string of the molecule is CCc1ncc(CNc2ccccc2F)s1. The first-order chi connectivity index (χ1) is 7.79. The molecule has 0 aliphatic rings. The molecule has 2 aromatic rings. The highest BCUT2D eigenvalue weighted by Gasteiger charge is 2.02. The summed E-state index contributed by atoms with van der Waals surface area (Å²) in [6, 6.07) is 6.68. The van der Waals surface area contributed by atoms with E-state index < -0.39 is 0 Å². The van der Waals surface area contributed by atoms with Gasteiger partial charge in [0.1, 0.15) is 5.82 Å². The number of para-hydroxylation sites is 1. The second-order valence-electron chi connectivity index (χ2n) is 3.41. The third-order valence-electron chi connectivity index (χ3n) is 2.23. The molecule has 1 aromatic heterocycles. The highest BCUT2D eigenvalue weighted by atomic mass is 32.1. The van der Waals surface area contributed by atoms with Crippen molar-refractivity contribution >= 4 is 17.0 Å². The fourth-order valence-corrected chi connectivity index (χ4v) is 2.18. The molecule has 0 spiro atoms. The highest BCUT2D eigenvalue weighted by Crippen LogP contribution is 2.17. The fraction of sp³-hybridized carbons (Fsp3) is 0.250. The first-order valence-electron chi connectivity index (χ1n) is 5.21. The molecule has 1 aromatic carbocycles. The number of thiazole rings is 1. The molecule has 2 nitrogen and oxygen atoms in total. The van der Waals surface area contributed by atoms with Crippen LogP contribution < -0.4 is 5.32 Å². The first kappa shape index (κ1) is 11.1. The number of nitrogens with zero attached hydrogens (tertiary/aromatic N) is 1. The second-order valence-corrected chi connectivity index (χ2v) is 4.61. The lowest BCUT2D eigenvalue weighted by molar-refractivity contribution is 0.630. The van der Waals surface area contributed by atoms with Crippen LogP contribution in [0, 0.1) is 5.82 Å². The van der Waals surface area contributed by atoms with Gasteiger partial charge in [-0.25, -0.2) is 9.37 Å². The van der Waals surface area contributed by atoms with E-state index in [1.165, 1.54) is 6.07 Å². The number of aryl methyl sites for hydroxylation is 1. The summed E-state index contributed by atoms with van der Waals surface area (Å²) in [6.45, 7) is 2.70. The van der Waals surface area contributed by atoms with E-state index in [9.17, 15) is 4.39 Å². The van der Waals surface area contributed by atoms with Crippen LogP contribution in [0.4, 0.5) is 10.1 Å². The van der Waals surface area contributed by atoms with Gasteiger partial charge in [-0.3, -0.25) is 0 Å². The van der Waals surface area contributed by atoms with Gasteiger partial charge >= 0.3 is 0 Å². The maximum absolute atomic E-state index is 13.3. The Labute approximate surface area is 98.2 Å². The molecule has 0 aliphatic carbocycles. The summed E-state index contributed by atoms with van der Waals surface area (Å²) < 4.78 is 13.3. The zero-order chi connectivity index (χ0) is 11.4. The van der Waals surface area contributed by atoms with Crippen molar-refractivity contribution in [2.45, 2.75) is 19.9 Å². The molecule has 0 aliphatic heterocycles. The predicted octanol–water partition coefficient (Wildman–Crippen LogP) is 3.46. The topological polar surface area (TPSA) is 24.9 Å². The van der Waals surface area contributed by atoms with Crippen LogP contribution >= 0.6 is 11.3 Å².